The van der Waals surface area contributed by atoms with Gasteiger partial charge in [0.2, 0.25) is 0 Å². The third-order valence-electron chi connectivity index (χ3n) is 4.91. The fourth-order valence-corrected chi connectivity index (χ4v) is 3.50. The zero-order chi connectivity index (χ0) is 17.3. The van der Waals surface area contributed by atoms with E-state index in [-0.39, 0.29) is 0 Å². The molecule has 2 aromatic rings. The molecule has 0 saturated carbocycles. The Hall–Kier alpha value is -1.84. The third-order valence-corrected chi connectivity index (χ3v) is 4.91. The van der Waals surface area contributed by atoms with E-state index < -0.39 is 0 Å². The number of ether oxygens (including phenoxy) is 1. The molecule has 1 heterocycles. The second-order valence-corrected chi connectivity index (χ2v) is 6.79. The summed E-state index contributed by atoms with van der Waals surface area (Å²) in [5.41, 5.74) is 2.60. The summed E-state index contributed by atoms with van der Waals surface area (Å²) in [7, 11) is 0. The van der Waals surface area contributed by atoms with E-state index in [1.165, 1.54) is 30.4 Å². The van der Waals surface area contributed by atoms with Crippen LogP contribution >= 0.6 is 0 Å². The number of hydrogen-bond donors (Lipinski definition) is 1. The molecule has 2 aromatic carbocycles. The van der Waals surface area contributed by atoms with Crippen LogP contribution in [-0.2, 0) is 6.61 Å². The minimum absolute atomic E-state index is 0.502. The van der Waals surface area contributed by atoms with Crippen LogP contribution in [0.3, 0.4) is 0 Å². The number of rotatable bonds is 8. The van der Waals surface area contributed by atoms with Gasteiger partial charge in [0.15, 0.2) is 0 Å². The Morgan fingerprint density at radius 1 is 1.04 bits per heavy atom. The van der Waals surface area contributed by atoms with Crippen LogP contribution in [0.1, 0.15) is 43.4 Å². The van der Waals surface area contributed by atoms with Crippen molar-refractivity contribution in [3.8, 4) is 5.75 Å². The lowest BCUT2D eigenvalue weighted by atomic mass is 9.98. The van der Waals surface area contributed by atoms with Crippen LogP contribution in [0.4, 0.5) is 0 Å². The standard InChI is InChI=1S/C22H30N2O/c1-2-3-12-22(24-15-13-23-14-16-24)20-10-7-11-21(17-20)25-18-19-8-5-4-6-9-19/h4-11,17,22-23H,2-3,12-16,18H2,1H3/t22-/m1/s1. The second kappa shape index (κ2) is 9.59. The Labute approximate surface area is 152 Å². The molecule has 3 rings (SSSR count). The largest absolute Gasteiger partial charge is 0.489 e. The highest BCUT2D eigenvalue weighted by atomic mass is 16.5. The van der Waals surface area contributed by atoms with Crippen LogP contribution in [0.25, 0.3) is 0 Å². The molecule has 1 N–H and O–H groups in total. The number of benzene rings is 2. The predicted octanol–water partition coefficient (Wildman–Crippen LogP) is 4.40. The van der Waals surface area contributed by atoms with E-state index in [1.807, 2.05) is 6.07 Å². The molecule has 1 aliphatic heterocycles. The Morgan fingerprint density at radius 2 is 1.84 bits per heavy atom. The van der Waals surface area contributed by atoms with Gasteiger partial charge in [0.05, 0.1) is 0 Å². The van der Waals surface area contributed by atoms with Crippen LogP contribution in [0, 0.1) is 0 Å². The topological polar surface area (TPSA) is 24.5 Å². The molecule has 3 heteroatoms. The van der Waals surface area contributed by atoms with E-state index in [9.17, 15) is 0 Å². The maximum Gasteiger partial charge on any atom is 0.120 e. The van der Waals surface area contributed by atoms with Crippen LogP contribution in [0.15, 0.2) is 54.6 Å². The Kier molecular flexibility index (Phi) is 6.89. The predicted molar refractivity (Wildman–Crippen MR) is 104 cm³/mol. The SMILES string of the molecule is CCCC[C@H](c1cccc(OCc2ccccc2)c1)N1CCNCC1. The summed E-state index contributed by atoms with van der Waals surface area (Å²) in [4.78, 5) is 2.63. The van der Waals surface area contributed by atoms with Gasteiger partial charge in [0.25, 0.3) is 0 Å². The molecule has 1 fully saturated rings. The summed E-state index contributed by atoms with van der Waals surface area (Å²) in [6, 6.07) is 19.6. The number of hydrogen-bond acceptors (Lipinski definition) is 3. The first-order valence-corrected chi connectivity index (χ1v) is 9.58. The van der Waals surface area contributed by atoms with Crippen molar-refractivity contribution in [1.29, 1.82) is 0 Å². The van der Waals surface area contributed by atoms with Gasteiger partial charge in [-0.1, -0.05) is 62.2 Å². The monoisotopic (exact) mass is 338 g/mol. The highest BCUT2D eigenvalue weighted by Crippen LogP contribution is 2.29. The van der Waals surface area contributed by atoms with E-state index in [4.69, 9.17) is 4.74 Å². The zero-order valence-corrected chi connectivity index (χ0v) is 15.3. The minimum Gasteiger partial charge on any atom is -0.489 e. The Bertz CT molecular complexity index is 623. The fourth-order valence-electron chi connectivity index (χ4n) is 3.50. The molecule has 0 amide bonds. The van der Waals surface area contributed by atoms with Gasteiger partial charge in [-0.3, -0.25) is 4.90 Å². The van der Waals surface area contributed by atoms with Crippen LogP contribution in [0.2, 0.25) is 0 Å². The van der Waals surface area contributed by atoms with E-state index in [1.54, 1.807) is 0 Å². The van der Waals surface area contributed by atoms with E-state index in [0.717, 1.165) is 31.9 Å². The van der Waals surface area contributed by atoms with Crippen molar-refractivity contribution in [3.05, 3.63) is 65.7 Å². The molecule has 134 valence electrons. The summed E-state index contributed by atoms with van der Waals surface area (Å²) in [5.74, 6) is 0.970. The quantitative estimate of drug-likeness (QED) is 0.772. The Balaban J connectivity index is 1.70. The normalized spacial score (nSPS) is 16.5. The first-order chi connectivity index (χ1) is 12.4. The number of piperazine rings is 1. The molecular formula is C22H30N2O. The van der Waals surface area contributed by atoms with Gasteiger partial charge in [-0.25, -0.2) is 0 Å². The highest BCUT2D eigenvalue weighted by Gasteiger charge is 2.21. The van der Waals surface area contributed by atoms with Gasteiger partial charge in [-0.05, 0) is 29.7 Å². The number of nitrogens with zero attached hydrogens (tertiary/aromatic N) is 1. The van der Waals surface area contributed by atoms with Crippen molar-refractivity contribution >= 4 is 0 Å². The molecule has 0 unspecified atom stereocenters. The average Bonchev–Trinajstić information content (AvgIpc) is 2.69. The van der Waals surface area contributed by atoms with Gasteiger partial charge < -0.3 is 10.1 Å². The van der Waals surface area contributed by atoms with Crippen LogP contribution in [-0.4, -0.2) is 31.1 Å². The molecule has 0 aromatic heterocycles. The van der Waals surface area contributed by atoms with Crippen molar-refractivity contribution in [2.45, 2.75) is 38.8 Å². The molecule has 1 saturated heterocycles. The lowest BCUT2D eigenvalue weighted by Gasteiger charge is -2.35. The van der Waals surface area contributed by atoms with Crippen molar-refractivity contribution in [3.63, 3.8) is 0 Å². The van der Waals surface area contributed by atoms with Crippen molar-refractivity contribution < 1.29 is 4.74 Å². The molecule has 0 bridgehead atoms. The van der Waals surface area contributed by atoms with Crippen LogP contribution in [0.5, 0.6) is 5.75 Å². The summed E-state index contributed by atoms with van der Waals surface area (Å²) in [5, 5.41) is 3.46. The van der Waals surface area contributed by atoms with Crippen molar-refractivity contribution in [1.82, 2.24) is 10.2 Å². The maximum atomic E-state index is 6.04. The molecule has 0 spiro atoms. The summed E-state index contributed by atoms with van der Waals surface area (Å²) in [6.45, 7) is 7.33. The minimum atomic E-state index is 0.502. The van der Waals surface area contributed by atoms with Gasteiger partial charge in [-0.15, -0.1) is 0 Å². The van der Waals surface area contributed by atoms with E-state index in [0.29, 0.717) is 12.6 Å². The third kappa shape index (κ3) is 5.32. The molecule has 1 atom stereocenters. The summed E-state index contributed by atoms with van der Waals surface area (Å²) >= 11 is 0. The van der Waals surface area contributed by atoms with Crippen LogP contribution < -0.4 is 10.1 Å². The molecular weight excluding hydrogens is 308 g/mol. The molecule has 0 aliphatic carbocycles. The Morgan fingerprint density at radius 3 is 2.60 bits per heavy atom. The fraction of sp³-hybridized carbons (Fsp3) is 0.455. The first-order valence-electron chi connectivity index (χ1n) is 9.58. The smallest absolute Gasteiger partial charge is 0.120 e. The molecule has 25 heavy (non-hydrogen) atoms. The summed E-state index contributed by atoms with van der Waals surface area (Å²) < 4.78 is 6.04. The lowest BCUT2D eigenvalue weighted by Crippen LogP contribution is -2.45. The van der Waals surface area contributed by atoms with Gasteiger partial charge in [-0.2, -0.15) is 0 Å². The lowest BCUT2D eigenvalue weighted by molar-refractivity contribution is 0.163. The highest BCUT2D eigenvalue weighted by molar-refractivity contribution is 5.31. The van der Waals surface area contributed by atoms with Crippen molar-refractivity contribution in [2.24, 2.45) is 0 Å². The molecule has 0 radical (unpaired) electrons. The van der Waals surface area contributed by atoms with Gasteiger partial charge >= 0.3 is 0 Å². The average molecular weight is 338 g/mol. The summed E-state index contributed by atoms with van der Waals surface area (Å²) in [6.07, 6.45) is 3.73. The van der Waals surface area contributed by atoms with E-state index in [2.05, 4.69) is 65.7 Å². The van der Waals surface area contributed by atoms with Crippen molar-refractivity contribution in [2.75, 3.05) is 26.2 Å². The van der Waals surface area contributed by atoms with Gasteiger partial charge in [0.1, 0.15) is 12.4 Å². The van der Waals surface area contributed by atoms with Gasteiger partial charge in [0, 0.05) is 32.2 Å². The number of nitrogens with one attached hydrogen (secondary N) is 1. The number of unbranched alkanes of at least 4 members (excludes halogenated alkanes) is 1. The van der Waals surface area contributed by atoms with E-state index >= 15 is 0 Å². The molecule has 3 nitrogen and oxygen atoms in total. The maximum absolute atomic E-state index is 6.04. The molecule has 1 aliphatic rings. The first kappa shape index (κ1) is 18.0. The second-order valence-electron chi connectivity index (χ2n) is 6.79. The zero-order valence-electron chi connectivity index (χ0n) is 15.3.